The molecule has 0 saturated heterocycles. The first-order valence-corrected chi connectivity index (χ1v) is 24.3. The number of rotatable bonds is 42. The Kier molecular flexibility index (Phi) is 38.2. The highest BCUT2D eigenvalue weighted by molar-refractivity contribution is 7.45. The summed E-state index contributed by atoms with van der Waals surface area (Å²) in [5, 5.41) is 10.1. The summed E-state index contributed by atoms with van der Waals surface area (Å²) in [6.45, 7) is 5.25. The molecule has 0 amide bonds. The number of carbonyl (C=O) groups excluding carboxylic acids is 1. The van der Waals surface area contributed by atoms with Gasteiger partial charge in [-0.25, -0.2) is 0 Å². The minimum Gasteiger partial charge on any atom is -0.756 e. The highest BCUT2D eigenvalue weighted by atomic mass is 31.2. The van der Waals surface area contributed by atoms with Gasteiger partial charge < -0.3 is 33.0 Å². The highest BCUT2D eigenvalue weighted by Gasteiger charge is 2.20. The second-order valence-electron chi connectivity index (χ2n) is 16.6. The quantitative estimate of drug-likeness (QED) is 0.0162. The average molecular weight is 814 g/mol. The van der Waals surface area contributed by atoms with E-state index in [1.807, 2.05) is 51.5 Å². The molecular weight excluding hydrogens is 725 g/mol. The summed E-state index contributed by atoms with van der Waals surface area (Å²) in [7, 11) is 1.29. The Morgan fingerprint density at radius 1 is 0.661 bits per heavy atom. The van der Waals surface area contributed by atoms with Crippen LogP contribution in [0.1, 0.15) is 187 Å². The van der Waals surface area contributed by atoms with Crippen LogP contribution < -0.4 is 4.89 Å². The molecule has 0 aromatic rings. The Morgan fingerprint density at radius 3 is 1.75 bits per heavy atom. The molecule has 0 aliphatic carbocycles. The topological polar surface area (TPSA) is 114 Å². The summed E-state index contributed by atoms with van der Waals surface area (Å²) in [6.07, 6.45) is 41.9. The molecule has 3 atom stereocenters. The van der Waals surface area contributed by atoms with E-state index in [0.29, 0.717) is 24.1 Å². The molecule has 0 bridgehead atoms. The SMILES string of the molecule is CCCCCCCCCCCCCCCCCCOCC(COP(=O)([O-])OCC[N+](C)(C)C)OC(=O)CCC/C=C\C/C=C\C=C/C(O)CCCCCCCC. The number of phosphoric acid groups is 1. The van der Waals surface area contributed by atoms with E-state index in [0.717, 1.165) is 38.5 Å². The molecule has 0 aromatic heterocycles. The minimum absolute atomic E-state index is 0.00688. The van der Waals surface area contributed by atoms with Crippen molar-refractivity contribution in [2.45, 2.75) is 199 Å². The van der Waals surface area contributed by atoms with Crippen molar-refractivity contribution in [2.24, 2.45) is 0 Å². The standard InChI is InChI=1S/C46H88NO8P/c1-6-8-10-12-14-15-16-17-18-19-20-21-24-27-31-35-40-52-42-45(43-54-56(50,51)53-41-39-47(3,4)5)55-46(49)38-34-30-26-23-22-25-29-33-37-44(48)36-32-28-13-11-9-7-2/h23,25-26,29,33,37,44-45,48H,6-22,24,27-28,30-32,34-36,38-43H2,1-5H3/b26-23-,29-25-,37-33-. The second kappa shape index (κ2) is 39.2. The Morgan fingerprint density at radius 2 is 1.20 bits per heavy atom. The van der Waals surface area contributed by atoms with Crippen molar-refractivity contribution < 1.29 is 42.4 Å². The first kappa shape index (κ1) is 54.7. The number of aliphatic hydroxyl groups excluding tert-OH is 1. The summed E-state index contributed by atoms with van der Waals surface area (Å²) in [6, 6.07) is 0. The number of quaternary nitrogens is 1. The number of ether oxygens (including phenoxy) is 2. The van der Waals surface area contributed by atoms with Gasteiger partial charge in [-0.1, -0.05) is 185 Å². The summed E-state index contributed by atoms with van der Waals surface area (Å²) in [4.78, 5) is 25.0. The summed E-state index contributed by atoms with van der Waals surface area (Å²) in [5.74, 6) is -0.408. The van der Waals surface area contributed by atoms with Crippen LogP contribution in [0.5, 0.6) is 0 Å². The van der Waals surface area contributed by atoms with Gasteiger partial charge >= 0.3 is 5.97 Å². The molecule has 0 aliphatic heterocycles. The Balaban J connectivity index is 4.36. The molecule has 0 aromatic carbocycles. The van der Waals surface area contributed by atoms with Gasteiger partial charge in [0.15, 0.2) is 0 Å². The summed E-state index contributed by atoms with van der Waals surface area (Å²) < 4.78 is 34.5. The highest BCUT2D eigenvalue weighted by Crippen LogP contribution is 2.38. The van der Waals surface area contributed by atoms with Crippen molar-refractivity contribution in [2.75, 3.05) is 54.1 Å². The second-order valence-corrected chi connectivity index (χ2v) is 18.0. The third-order valence-electron chi connectivity index (χ3n) is 9.80. The number of aliphatic hydroxyl groups is 1. The molecule has 0 aliphatic rings. The van der Waals surface area contributed by atoms with Crippen molar-refractivity contribution >= 4 is 13.8 Å². The zero-order valence-corrected chi connectivity index (χ0v) is 37.8. The number of hydrogen-bond acceptors (Lipinski definition) is 8. The molecule has 0 radical (unpaired) electrons. The molecule has 0 rings (SSSR count). The molecule has 10 heteroatoms. The molecule has 9 nitrogen and oxygen atoms in total. The number of hydrogen-bond donors (Lipinski definition) is 1. The number of allylic oxidation sites excluding steroid dienone is 5. The Labute approximate surface area is 345 Å². The van der Waals surface area contributed by atoms with E-state index < -0.39 is 26.0 Å². The maximum atomic E-state index is 12.7. The van der Waals surface area contributed by atoms with Gasteiger partial charge in [-0.2, -0.15) is 0 Å². The normalized spacial score (nSPS) is 14.6. The van der Waals surface area contributed by atoms with Crippen molar-refractivity contribution in [3.05, 3.63) is 36.5 Å². The van der Waals surface area contributed by atoms with Gasteiger partial charge in [0.1, 0.15) is 19.3 Å². The van der Waals surface area contributed by atoms with Gasteiger partial charge in [0, 0.05) is 13.0 Å². The predicted octanol–water partition coefficient (Wildman–Crippen LogP) is 11.7. The molecule has 0 heterocycles. The lowest BCUT2D eigenvalue weighted by Crippen LogP contribution is -2.37. The largest absolute Gasteiger partial charge is 0.756 e. The lowest BCUT2D eigenvalue weighted by atomic mass is 10.0. The molecule has 330 valence electrons. The van der Waals surface area contributed by atoms with Crippen LogP contribution >= 0.6 is 7.82 Å². The third kappa shape index (κ3) is 42.3. The van der Waals surface area contributed by atoms with E-state index in [9.17, 15) is 19.4 Å². The van der Waals surface area contributed by atoms with Crippen LogP contribution in [0.4, 0.5) is 0 Å². The number of nitrogens with zero attached hydrogens (tertiary/aromatic N) is 1. The Bertz CT molecular complexity index is 1010. The molecule has 0 spiro atoms. The van der Waals surface area contributed by atoms with Crippen LogP contribution in [0.15, 0.2) is 36.5 Å². The molecule has 0 fully saturated rings. The smallest absolute Gasteiger partial charge is 0.306 e. The maximum Gasteiger partial charge on any atom is 0.306 e. The van der Waals surface area contributed by atoms with Gasteiger partial charge in [0.05, 0.1) is 40.5 Å². The van der Waals surface area contributed by atoms with Crippen LogP contribution in [-0.2, 0) is 27.9 Å². The molecule has 56 heavy (non-hydrogen) atoms. The molecule has 1 N–H and O–H groups in total. The fraction of sp³-hybridized carbons (Fsp3) is 0.848. The van der Waals surface area contributed by atoms with E-state index >= 15 is 0 Å². The van der Waals surface area contributed by atoms with Gasteiger partial charge in [-0.15, -0.1) is 0 Å². The van der Waals surface area contributed by atoms with Crippen LogP contribution in [0.3, 0.4) is 0 Å². The van der Waals surface area contributed by atoms with Crippen LogP contribution in [0, 0.1) is 0 Å². The fourth-order valence-electron chi connectivity index (χ4n) is 6.20. The minimum atomic E-state index is -4.55. The van der Waals surface area contributed by atoms with Gasteiger partial charge in [-0.3, -0.25) is 9.36 Å². The summed E-state index contributed by atoms with van der Waals surface area (Å²) >= 11 is 0. The Hall–Kier alpha value is -1.32. The lowest BCUT2D eigenvalue weighted by Gasteiger charge is -2.28. The van der Waals surface area contributed by atoms with Gasteiger partial charge in [-0.05, 0) is 32.1 Å². The molecular formula is C46H88NO8P. The number of esters is 1. The lowest BCUT2D eigenvalue weighted by molar-refractivity contribution is -0.870. The first-order chi connectivity index (χ1) is 27.0. The predicted molar refractivity (Wildman–Crippen MR) is 233 cm³/mol. The molecule has 3 unspecified atom stereocenters. The van der Waals surface area contributed by atoms with E-state index in [1.165, 1.54) is 122 Å². The third-order valence-corrected chi connectivity index (χ3v) is 10.8. The number of unbranched alkanes of at least 4 members (excludes halogenated alkanes) is 21. The van der Waals surface area contributed by atoms with Gasteiger partial charge in [0.2, 0.25) is 0 Å². The number of carbonyl (C=O) groups is 1. The van der Waals surface area contributed by atoms with Crippen LogP contribution in [0.25, 0.3) is 0 Å². The zero-order chi connectivity index (χ0) is 41.4. The van der Waals surface area contributed by atoms with E-state index in [4.69, 9.17) is 18.5 Å². The van der Waals surface area contributed by atoms with Gasteiger partial charge in [0.25, 0.3) is 7.82 Å². The first-order valence-electron chi connectivity index (χ1n) is 22.8. The monoisotopic (exact) mass is 814 g/mol. The summed E-state index contributed by atoms with van der Waals surface area (Å²) in [5.41, 5.74) is 0. The van der Waals surface area contributed by atoms with Crippen molar-refractivity contribution in [3.8, 4) is 0 Å². The van der Waals surface area contributed by atoms with E-state index in [2.05, 4.69) is 19.9 Å². The van der Waals surface area contributed by atoms with E-state index in [1.54, 1.807) is 0 Å². The molecule has 0 saturated carbocycles. The van der Waals surface area contributed by atoms with Crippen LogP contribution in [0.2, 0.25) is 0 Å². The average Bonchev–Trinajstić information content (AvgIpc) is 3.14. The van der Waals surface area contributed by atoms with Crippen molar-refractivity contribution in [1.82, 2.24) is 0 Å². The zero-order valence-electron chi connectivity index (χ0n) is 36.9. The fourth-order valence-corrected chi connectivity index (χ4v) is 6.93. The van der Waals surface area contributed by atoms with Crippen molar-refractivity contribution in [1.29, 1.82) is 0 Å². The van der Waals surface area contributed by atoms with Crippen LogP contribution in [-0.4, -0.2) is 81.9 Å². The maximum absolute atomic E-state index is 12.7. The number of phosphoric ester groups is 1. The van der Waals surface area contributed by atoms with Crippen molar-refractivity contribution in [3.63, 3.8) is 0 Å². The van der Waals surface area contributed by atoms with E-state index in [-0.39, 0.29) is 26.2 Å². The number of likely N-dealkylation sites (N-methyl/N-ethyl adjacent to an activating group) is 1.